The van der Waals surface area contributed by atoms with E-state index in [4.69, 9.17) is 0 Å². The topological polar surface area (TPSA) is 24.1 Å². The molecule has 0 amide bonds. The van der Waals surface area contributed by atoms with Crippen LogP contribution in [0.25, 0.3) is 0 Å². The third kappa shape index (κ3) is 2.07. The Labute approximate surface area is 93.2 Å². The van der Waals surface area contributed by atoms with E-state index in [1.807, 2.05) is 0 Å². The number of rotatable bonds is 4. The molecule has 3 atom stereocenters. The van der Waals surface area contributed by atoms with E-state index in [2.05, 4.69) is 17.6 Å². The fraction of sp³-hybridized carbons (Fsp3) is 1.00. The minimum Gasteiger partial charge on any atom is -0.317 e. The Kier molecular flexibility index (Phi) is 2.52. The van der Waals surface area contributed by atoms with Crippen molar-refractivity contribution in [3.63, 3.8) is 0 Å². The van der Waals surface area contributed by atoms with Gasteiger partial charge in [-0.3, -0.25) is 0 Å². The molecule has 2 N–H and O–H groups in total. The first-order valence-electron chi connectivity index (χ1n) is 6.72. The van der Waals surface area contributed by atoms with Gasteiger partial charge in [0.1, 0.15) is 0 Å². The van der Waals surface area contributed by atoms with E-state index in [1.54, 1.807) is 0 Å². The van der Waals surface area contributed by atoms with Crippen LogP contribution >= 0.6 is 0 Å². The number of hydrogen-bond acceptors (Lipinski definition) is 2. The van der Waals surface area contributed by atoms with E-state index >= 15 is 0 Å². The van der Waals surface area contributed by atoms with Gasteiger partial charge in [-0.15, -0.1) is 0 Å². The molecule has 1 saturated heterocycles. The normalized spacial score (nSPS) is 41.8. The molecule has 3 unspecified atom stereocenters. The van der Waals surface area contributed by atoms with Crippen LogP contribution in [0.15, 0.2) is 0 Å². The highest BCUT2D eigenvalue weighted by Gasteiger charge is 2.53. The van der Waals surface area contributed by atoms with Gasteiger partial charge in [0.2, 0.25) is 0 Å². The van der Waals surface area contributed by atoms with E-state index in [0.717, 1.165) is 23.2 Å². The molecule has 1 aliphatic heterocycles. The summed E-state index contributed by atoms with van der Waals surface area (Å²) in [5, 5.41) is 7.16. The quantitative estimate of drug-likeness (QED) is 0.733. The van der Waals surface area contributed by atoms with Crippen molar-refractivity contribution in [3.8, 4) is 0 Å². The third-order valence-electron chi connectivity index (χ3n) is 5.03. The van der Waals surface area contributed by atoms with E-state index in [1.165, 1.54) is 51.9 Å². The molecule has 2 nitrogen and oxygen atoms in total. The van der Waals surface area contributed by atoms with Crippen molar-refractivity contribution in [1.29, 1.82) is 0 Å². The van der Waals surface area contributed by atoms with Gasteiger partial charge in [0.25, 0.3) is 0 Å². The monoisotopic (exact) mass is 208 g/mol. The van der Waals surface area contributed by atoms with Gasteiger partial charge >= 0.3 is 0 Å². The molecule has 1 heterocycles. The Morgan fingerprint density at radius 2 is 2.00 bits per heavy atom. The molecule has 15 heavy (non-hydrogen) atoms. The summed E-state index contributed by atoms with van der Waals surface area (Å²) in [6.45, 7) is 7.47. The fourth-order valence-electron chi connectivity index (χ4n) is 3.38. The summed E-state index contributed by atoms with van der Waals surface area (Å²) < 4.78 is 0. The lowest BCUT2D eigenvalue weighted by Crippen LogP contribution is -2.31. The van der Waals surface area contributed by atoms with Crippen LogP contribution in [0.1, 0.15) is 32.6 Å². The van der Waals surface area contributed by atoms with Crippen LogP contribution in [0.2, 0.25) is 0 Å². The molecule has 0 radical (unpaired) electrons. The van der Waals surface area contributed by atoms with E-state index < -0.39 is 0 Å². The first-order chi connectivity index (χ1) is 7.30. The van der Waals surface area contributed by atoms with Gasteiger partial charge in [-0.1, -0.05) is 6.92 Å². The SMILES string of the molecule is CC1CC1CNCC1CC12CCNCC2. The summed E-state index contributed by atoms with van der Waals surface area (Å²) in [6.07, 6.45) is 5.83. The number of nitrogens with one attached hydrogen (secondary N) is 2. The molecule has 0 aromatic carbocycles. The largest absolute Gasteiger partial charge is 0.317 e. The van der Waals surface area contributed by atoms with Crippen molar-refractivity contribution in [2.75, 3.05) is 26.2 Å². The Morgan fingerprint density at radius 3 is 2.67 bits per heavy atom. The maximum absolute atomic E-state index is 3.69. The van der Waals surface area contributed by atoms with Crippen LogP contribution in [-0.2, 0) is 0 Å². The maximum atomic E-state index is 3.69. The minimum absolute atomic E-state index is 0.771. The first kappa shape index (κ1) is 10.1. The second-order valence-electron chi connectivity index (χ2n) is 6.14. The summed E-state index contributed by atoms with van der Waals surface area (Å²) in [6, 6.07) is 0. The second kappa shape index (κ2) is 3.74. The van der Waals surface area contributed by atoms with Gasteiger partial charge in [0.05, 0.1) is 0 Å². The number of piperidine rings is 1. The van der Waals surface area contributed by atoms with Crippen LogP contribution in [0.5, 0.6) is 0 Å². The molecular weight excluding hydrogens is 184 g/mol. The van der Waals surface area contributed by atoms with Gasteiger partial charge < -0.3 is 10.6 Å². The Bertz CT molecular complexity index is 233. The fourth-order valence-corrected chi connectivity index (χ4v) is 3.38. The molecule has 2 aliphatic carbocycles. The van der Waals surface area contributed by atoms with Gasteiger partial charge in [-0.05, 0) is 75.0 Å². The lowest BCUT2D eigenvalue weighted by molar-refractivity contribution is 0.318. The highest BCUT2D eigenvalue weighted by Crippen LogP contribution is 2.58. The zero-order valence-electron chi connectivity index (χ0n) is 9.89. The highest BCUT2D eigenvalue weighted by molar-refractivity contribution is 5.05. The summed E-state index contributed by atoms with van der Waals surface area (Å²) in [5.74, 6) is 3.02. The van der Waals surface area contributed by atoms with Gasteiger partial charge in [0, 0.05) is 0 Å². The average molecular weight is 208 g/mol. The second-order valence-corrected chi connectivity index (χ2v) is 6.14. The van der Waals surface area contributed by atoms with Crippen molar-refractivity contribution in [3.05, 3.63) is 0 Å². The van der Waals surface area contributed by atoms with Crippen molar-refractivity contribution in [2.45, 2.75) is 32.6 Å². The molecule has 86 valence electrons. The molecular formula is C13H24N2. The van der Waals surface area contributed by atoms with Gasteiger partial charge in [-0.2, -0.15) is 0 Å². The lowest BCUT2D eigenvalue weighted by Gasteiger charge is -2.23. The van der Waals surface area contributed by atoms with Gasteiger partial charge in [0.15, 0.2) is 0 Å². The van der Waals surface area contributed by atoms with Crippen molar-refractivity contribution < 1.29 is 0 Å². The third-order valence-corrected chi connectivity index (χ3v) is 5.03. The van der Waals surface area contributed by atoms with E-state index in [0.29, 0.717) is 0 Å². The molecule has 3 fully saturated rings. The summed E-state index contributed by atoms with van der Waals surface area (Å²) in [5.41, 5.74) is 0.771. The molecule has 1 spiro atoms. The molecule has 2 saturated carbocycles. The minimum atomic E-state index is 0.771. The zero-order valence-corrected chi connectivity index (χ0v) is 9.89. The Balaban J connectivity index is 1.35. The molecule has 0 bridgehead atoms. The maximum Gasteiger partial charge on any atom is -0.00149 e. The van der Waals surface area contributed by atoms with Crippen LogP contribution in [-0.4, -0.2) is 26.2 Å². The van der Waals surface area contributed by atoms with Crippen molar-refractivity contribution in [2.24, 2.45) is 23.2 Å². The zero-order chi connectivity index (χ0) is 10.3. The van der Waals surface area contributed by atoms with E-state index in [-0.39, 0.29) is 0 Å². The van der Waals surface area contributed by atoms with Crippen LogP contribution in [0.3, 0.4) is 0 Å². The predicted molar refractivity (Wildman–Crippen MR) is 62.8 cm³/mol. The average Bonchev–Trinajstić information content (AvgIpc) is 3.10. The molecule has 3 rings (SSSR count). The molecule has 0 aromatic rings. The lowest BCUT2D eigenvalue weighted by atomic mass is 9.92. The van der Waals surface area contributed by atoms with Crippen LogP contribution in [0.4, 0.5) is 0 Å². The molecule has 3 aliphatic rings. The van der Waals surface area contributed by atoms with E-state index in [9.17, 15) is 0 Å². The summed E-state index contributed by atoms with van der Waals surface area (Å²) >= 11 is 0. The molecule has 2 heteroatoms. The van der Waals surface area contributed by atoms with Crippen LogP contribution in [0, 0.1) is 23.2 Å². The molecule has 0 aromatic heterocycles. The smallest absolute Gasteiger partial charge is 0.00149 e. The number of hydrogen-bond donors (Lipinski definition) is 2. The van der Waals surface area contributed by atoms with Gasteiger partial charge in [-0.25, -0.2) is 0 Å². The van der Waals surface area contributed by atoms with Crippen LogP contribution < -0.4 is 10.6 Å². The highest BCUT2D eigenvalue weighted by atomic mass is 14.9. The summed E-state index contributed by atoms with van der Waals surface area (Å²) in [4.78, 5) is 0. The predicted octanol–water partition coefficient (Wildman–Crippen LogP) is 1.62. The standard InChI is InChI=1S/C13H24N2/c1-10-6-11(10)8-15-9-12-7-13(12)2-4-14-5-3-13/h10-12,14-15H,2-9H2,1H3. The van der Waals surface area contributed by atoms with Crippen molar-refractivity contribution >= 4 is 0 Å². The summed E-state index contributed by atoms with van der Waals surface area (Å²) in [7, 11) is 0. The first-order valence-corrected chi connectivity index (χ1v) is 6.72. The Morgan fingerprint density at radius 1 is 1.27 bits per heavy atom. The van der Waals surface area contributed by atoms with Crippen molar-refractivity contribution in [1.82, 2.24) is 10.6 Å². The Hall–Kier alpha value is -0.0800.